The fourth-order valence-electron chi connectivity index (χ4n) is 5.39. The minimum atomic E-state index is -0.174. The molecule has 29 heavy (non-hydrogen) atoms. The Hall–Kier alpha value is -2.40. The van der Waals surface area contributed by atoms with Crippen LogP contribution in [0.4, 0.5) is 4.39 Å². The van der Waals surface area contributed by atoms with Crippen LogP contribution < -0.4 is 4.74 Å². The maximum atomic E-state index is 13.5. The number of benzene rings is 2. The largest absolute Gasteiger partial charge is 0.493 e. The van der Waals surface area contributed by atoms with Gasteiger partial charge in [-0.05, 0) is 67.1 Å². The van der Waals surface area contributed by atoms with Gasteiger partial charge in [0.2, 0.25) is 0 Å². The number of hydrogen-bond acceptors (Lipinski definition) is 3. The van der Waals surface area contributed by atoms with Gasteiger partial charge < -0.3 is 4.74 Å². The number of rotatable bonds is 5. The standard InChI is InChI=1S/C24H28FN3O/c1-17-10-21(6-7-22(17)25)29-16-24-9-3-4-20(24)14-28(15-24)13-18-5-8-23-19(11-18)12-26-27(23)2/h5-8,10-12,20H,3-4,9,13-16H2,1-2H3. The quantitative estimate of drug-likeness (QED) is 0.629. The molecule has 5 heteroatoms. The molecule has 2 heterocycles. The van der Waals surface area contributed by atoms with Gasteiger partial charge in [-0.25, -0.2) is 4.39 Å². The van der Waals surface area contributed by atoms with Gasteiger partial charge in [-0.1, -0.05) is 12.5 Å². The van der Waals surface area contributed by atoms with Crippen LogP contribution in [0.2, 0.25) is 0 Å². The third-order valence-corrected chi connectivity index (χ3v) is 6.98. The first kappa shape index (κ1) is 18.6. The molecule has 0 radical (unpaired) electrons. The number of likely N-dealkylation sites (tertiary alicyclic amines) is 1. The van der Waals surface area contributed by atoms with Crippen molar-refractivity contribution in [1.82, 2.24) is 14.7 Å². The van der Waals surface area contributed by atoms with Gasteiger partial charge in [-0.3, -0.25) is 9.58 Å². The molecule has 2 aliphatic rings. The monoisotopic (exact) mass is 393 g/mol. The number of aryl methyl sites for hydroxylation is 2. The zero-order valence-electron chi connectivity index (χ0n) is 17.2. The lowest BCUT2D eigenvalue weighted by Crippen LogP contribution is -2.33. The summed E-state index contributed by atoms with van der Waals surface area (Å²) in [5.74, 6) is 1.29. The molecule has 2 atom stereocenters. The minimum absolute atomic E-state index is 0.174. The van der Waals surface area contributed by atoms with E-state index in [2.05, 4.69) is 28.2 Å². The van der Waals surface area contributed by atoms with Crippen molar-refractivity contribution in [2.75, 3.05) is 19.7 Å². The third-order valence-electron chi connectivity index (χ3n) is 6.98. The number of hydrogen-bond donors (Lipinski definition) is 0. The van der Waals surface area contributed by atoms with E-state index in [9.17, 15) is 4.39 Å². The van der Waals surface area contributed by atoms with Crippen LogP contribution in [-0.2, 0) is 13.6 Å². The molecule has 2 fully saturated rings. The van der Waals surface area contributed by atoms with Gasteiger partial charge >= 0.3 is 0 Å². The van der Waals surface area contributed by atoms with E-state index in [1.807, 2.05) is 24.0 Å². The second kappa shape index (κ2) is 7.13. The van der Waals surface area contributed by atoms with Crippen molar-refractivity contribution < 1.29 is 9.13 Å². The molecule has 152 valence electrons. The number of aromatic nitrogens is 2. The highest BCUT2D eigenvalue weighted by molar-refractivity contribution is 5.79. The van der Waals surface area contributed by atoms with Gasteiger partial charge in [0, 0.05) is 37.5 Å². The van der Waals surface area contributed by atoms with Gasteiger partial charge in [0.25, 0.3) is 0 Å². The highest BCUT2D eigenvalue weighted by Crippen LogP contribution is 2.49. The predicted octanol–water partition coefficient (Wildman–Crippen LogP) is 4.70. The van der Waals surface area contributed by atoms with E-state index in [0.717, 1.165) is 32.0 Å². The topological polar surface area (TPSA) is 30.3 Å². The third kappa shape index (κ3) is 3.42. The summed E-state index contributed by atoms with van der Waals surface area (Å²) in [4.78, 5) is 2.58. The second-order valence-electron chi connectivity index (χ2n) is 8.98. The van der Waals surface area contributed by atoms with Crippen molar-refractivity contribution in [1.29, 1.82) is 0 Å². The molecule has 4 nitrogen and oxygen atoms in total. The lowest BCUT2D eigenvalue weighted by Gasteiger charge is -2.29. The maximum Gasteiger partial charge on any atom is 0.126 e. The lowest BCUT2D eigenvalue weighted by atomic mass is 9.81. The normalized spacial score (nSPS) is 24.3. The molecule has 1 saturated heterocycles. The van der Waals surface area contributed by atoms with E-state index >= 15 is 0 Å². The van der Waals surface area contributed by atoms with Crippen molar-refractivity contribution in [2.45, 2.75) is 32.7 Å². The van der Waals surface area contributed by atoms with Crippen LogP contribution >= 0.6 is 0 Å². The number of fused-ring (bicyclic) bond motifs is 2. The van der Waals surface area contributed by atoms with E-state index in [4.69, 9.17) is 4.74 Å². The van der Waals surface area contributed by atoms with Crippen molar-refractivity contribution in [3.05, 3.63) is 59.5 Å². The van der Waals surface area contributed by atoms with Gasteiger partial charge in [0.15, 0.2) is 0 Å². The van der Waals surface area contributed by atoms with E-state index in [1.54, 1.807) is 13.0 Å². The lowest BCUT2D eigenvalue weighted by molar-refractivity contribution is 0.127. The van der Waals surface area contributed by atoms with Crippen LogP contribution in [0.5, 0.6) is 5.75 Å². The molecular formula is C24H28FN3O. The summed E-state index contributed by atoms with van der Waals surface area (Å²) in [6.45, 7) is 5.69. The van der Waals surface area contributed by atoms with Crippen LogP contribution in [0.25, 0.3) is 10.9 Å². The van der Waals surface area contributed by atoms with Gasteiger partial charge in [0.05, 0.1) is 18.3 Å². The van der Waals surface area contributed by atoms with Crippen LogP contribution in [0.1, 0.15) is 30.4 Å². The highest BCUT2D eigenvalue weighted by atomic mass is 19.1. The van der Waals surface area contributed by atoms with Crippen LogP contribution in [0.15, 0.2) is 42.6 Å². The van der Waals surface area contributed by atoms with Crippen molar-refractivity contribution >= 4 is 10.9 Å². The van der Waals surface area contributed by atoms with Gasteiger partial charge in [-0.15, -0.1) is 0 Å². The summed E-state index contributed by atoms with van der Waals surface area (Å²) >= 11 is 0. The van der Waals surface area contributed by atoms with Gasteiger partial charge in [-0.2, -0.15) is 5.10 Å². The van der Waals surface area contributed by atoms with Crippen LogP contribution in [-0.4, -0.2) is 34.4 Å². The molecule has 2 unspecified atom stereocenters. The molecular weight excluding hydrogens is 365 g/mol. The Balaban J connectivity index is 1.28. The molecule has 0 N–H and O–H groups in total. The summed E-state index contributed by atoms with van der Waals surface area (Å²) in [6.07, 6.45) is 5.73. The summed E-state index contributed by atoms with van der Waals surface area (Å²) < 4.78 is 21.6. The Labute approximate surface area is 171 Å². The molecule has 3 aromatic rings. The fourth-order valence-corrected chi connectivity index (χ4v) is 5.39. The summed E-state index contributed by atoms with van der Waals surface area (Å²) in [5, 5.41) is 5.56. The van der Waals surface area contributed by atoms with E-state index in [-0.39, 0.29) is 11.2 Å². The Kier molecular flexibility index (Phi) is 4.58. The number of halogens is 1. The SMILES string of the molecule is Cc1cc(OCC23CCCC2CN(Cc2ccc4c(cnn4C)c2)C3)ccc1F. The zero-order chi connectivity index (χ0) is 20.0. The average Bonchev–Trinajstić information content (AvgIpc) is 3.35. The maximum absolute atomic E-state index is 13.5. The first-order valence-electron chi connectivity index (χ1n) is 10.5. The minimum Gasteiger partial charge on any atom is -0.493 e. The molecule has 1 aliphatic carbocycles. The highest BCUT2D eigenvalue weighted by Gasteiger charge is 2.49. The Morgan fingerprint density at radius 2 is 2.14 bits per heavy atom. The Morgan fingerprint density at radius 1 is 1.24 bits per heavy atom. The Morgan fingerprint density at radius 3 is 3.00 bits per heavy atom. The van der Waals surface area contributed by atoms with E-state index in [0.29, 0.717) is 11.5 Å². The smallest absolute Gasteiger partial charge is 0.126 e. The van der Waals surface area contributed by atoms with E-state index < -0.39 is 0 Å². The molecule has 0 bridgehead atoms. The summed E-state index contributed by atoms with van der Waals surface area (Å²) in [5.41, 5.74) is 3.38. The molecule has 1 aliphatic heterocycles. The number of nitrogens with zero attached hydrogens (tertiary/aromatic N) is 3. The molecule has 0 spiro atoms. The molecule has 2 aromatic carbocycles. The van der Waals surface area contributed by atoms with Crippen molar-refractivity contribution in [3.8, 4) is 5.75 Å². The number of ether oxygens (including phenoxy) is 1. The first-order valence-corrected chi connectivity index (χ1v) is 10.5. The predicted molar refractivity (Wildman–Crippen MR) is 112 cm³/mol. The second-order valence-corrected chi connectivity index (χ2v) is 8.98. The Bertz CT molecular complexity index is 1050. The van der Waals surface area contributed by atoms with Crippen molar-refractivity contribution in [3.63, 3.8) is 0 Å². The summed E-state index contributed by atoms with van der Waals surface area (Å²) in [7, 11) is 1.98. The van der Waals surface area contributed by atoms with Crippen LogP contribution in [0.3, 0.4) is 0 Å². The fraction of sp³-hybridized carbons (Fsp3) is 0.458. The average molecular weight is 394 g/mol. The van der Waals surface area contributed by atoms with Gasteiger partial charge in [0.1, 0.15) is 11.6 Å². The first-order chi connectivity index (χ1) is 14.0. The molecule has 1 saturated carbocycles. The zero-order valence-corrected chi connectivity index (χ0v) is 17.2. The molecule has 1 aromatic heterocycles. The van der Waals surface area contributed by atoms with Crippen LogP contribution in [0, 0.1) is 24.1 Å². The molecule has 0 amide bonds. The van der Waals surface area contributed by atoms with E-state index in [1.165, 1.54) is 41.8 Å². The van der Waals surface area contributed by atoms with Crippen molar-refractivity contribution in [2.24, 2.45) is 18.4 Å². The summed E-state index contributed by atoms with van der Waals surface area (Å²) in [6, 6.07) is 11.7. The molecule has 5 rings (SSSR count).